The van der Waals surface area contributed by atoms with Crippen LogP contribution in [0.2, 0.25) is 0 Å². The van der Waals surface area contributed by atoms with Crippen LogP contribution in [0.25, 0.3) is 11.0 Å². The van der Waals surface area contributed by atoms with E-state index in [9.17, 15) is 8.42 Å². The second kappa shape index (κ2) is 5.30. The van der Waals surface area contributed by atoms with Gasteiger partial charge in [-0.25, -0.2) is 13.4 Å². The van der Waals surface area contributed by atoms with Crippen LogP contribution in [0.15, 0.2) is 23.2 Å². The van der Waals surface area contributed by atoms with E-state index in [0.29, 0.717) is 11.0 Å². The van der Waals surface area contributed by atoms with Crippen molar-refractivity contribution in [2.45, 2.75) is 38.0 Å². The molecule has 3 rings (SSSR count). The highest BCUT2D eigenvalue weighted by Crippen LogP contribution is 2.24. The molecule has 0 aromatic carbocycles. The Morgan fingerprint density at radius 3 is 2.58 bits per heavy atom. The quantitative estimate of drug-likeness (QED) is 0.754. The number of rotatable bonds is 3. The summed E-state index contributed by atoms with van der Waals surface area (Å²) in [6, 6.07) is 3.27. The third-order valence-electron chi connectivity index (χ3n) is 3.77. The molecule has 0 aliphatic rings. The minimum Gasteiger partial charge on any atom is -0.280 e. The van der Waals surface area contributed by atoms with E-state index in [1.165, 1.54) is 6.20 Å². The highest BCUT2D eigenvalue weighted by atomic mass is 32.2. The van der Waals surface area contributed by atoms with E-state index in [1.807, 2.05) is 27.7 Å². The zero-order valence-corrected chi connectivity index (χ0v) is 15.1. The summed E-state index contributed by atoms with van der Waals surface area (Å²) in [5, 5.41) is 11.8. The lowest BCUT2D eigenvalue weighted by Gasteiger charge is -2.14. The molecule has 8 nitrogen and oxygen atoms in total. The lowest BCUT2D eigenvalue weighted by Crippen LogP contribution is -2.14. The molecule has 0 radical (unpaired) electrons. The Bertz CT molecular complexity index is 1010. The molecule has 0 atom stereocenters. The van der Waals surface area contributed by atoms with Crippen molar-refractivity contribution < 1.29 is 8.42 Å². The maximum atomic E-state index is 12.6. The number of pyridine rings is 1. The number of anilines is 1. The van der Waals surface area contributed by atoms with Crippen molar-refractivity contribution in [2.75, 3.05) is 4.72 Å². The highest BCUT2D eigenvalue weighted by Gasteiger charge is 2.21. The van der Waals surface area contributed by atoms with Crippen LogP contribution >= 0.6 is 0 Å². The first-order valence-corrected chi connectivity index (χ1v) is 8.94. The van der Waals surface area contributed by atoms with Crippen molar-refractivity contribution >= 4 is 26.9 Å². The normalized spacial score (nSPS) is 12.7. The number of aromatic nitrogens is 5. The van der Waals surface area contributed by atoms with Crippen molar-refractivity contribution in [2.24, 2.45) is 7.05 Å². The van der Waals surface area contributed by atoms with Crippen LogP contribution in [0.1, 0.15) is 32.2 Å². The van der Waals surface area contributed by atoms with E-state index < -0.39 is 10.0 Å². The minimum atomic E-state index is -3.78. The topological polar surface area (TPSA) is 106 Å². The third kappa shape index (κ3) is 2.86. The average molecular weight is 348 g/mol. The van der Waals surface area contributed by atoms with Gasteiger partial charge in [0.1, 0.15) is 4.90 Å². The van der Waals surface area contributed by atoms with Gasteiger partial charge in [0.15, 0.2) is 11.5 Å². The van der Waals surface area contributed by atoms with Gasteiger partial charge in [-0.05, 0) is 13.0 Å². The van der Waals surface area contributed by atoms with Crippen LogP contribution in [-0.2, 0) is 22.5 Å². The fourth-order valence-electron chi connectivity index (χ4n) is 2.39. The Labute approximate surface area is 140 Å². The van der Waals surface area contributed by atoms with Crippen LogP contribution in [0.3, 0.4) is 0 Å². The highest BCUT2D eigenvalue weighted by molar-refractivity contribution is 7.92. The van der Waals surface area contributed by atoms with Gasteiger partial charge in [0.25, 0.3) is 10.0 Å². The summed E-state index contributed by atoms with van der Waals surface area (Å²) in [7, 11) is -2.01. The molecule has 3 heterocycles. The lowest BCUT2D eigenvalue weighted by molar-refractivity contribution is 0.567. The molecule has 128 valence electrons. The number of hydrogen-bond donors (Lipinski definition) is 2. The molecule has 0 aliphatic carbocycles. The van der Waals surface area contributed by atoms with Crippen molar-refractivity contribution in [3.63, 3.8) is 0 Å². The number of aromatic amines is 1. The smallest absolute Gasteiger partial charge is 0.264 e. The molecule has 2 N–H and O–H groups in total. The summed E-state index contributed by atoms with van der Waals surface area (Å²) in [5.74, 6) is 0.253. The Kier molecular flexibility index (Phi) is 3.63. The van der Waals surface area contributed by atoms with Gasteiger partial charge in [0.05, 0.1) is 5.69 Å². The summed E-state index contributed by atoms with van der Waals surface area (Å²) in [4.78, 5) is 4.28. The zero-order valence-electron chi connectivity index (χ0n) is 14.2. The summed E-state index contributed by atoms with van der Waals surface area (Å²) in [5.41, 5.74) is 2.06. The first-order chi connectivity index (χ1) is 11.1. The van der Waals surface area contributed by atoms with Crippen molar-refractivity contribution in [1.29, 1.82) is 0 Å². The van der Waals surface area contributed by atoms with E-state index in [0.717, 1.165) is 11.4 Å². The third-order valence-corrected chi connectivity index (χ3v) is 5.09. The van der Waals surface area contributed by atoms with Gasteiger partial charge < -0.3 is 0 Å². The van der Waals surface area contributed by atoms with E-state index in [1.54, 1.807) is 23.9 Å². The van der Waals surface area contributed by atoms with E-state index in [2.05, 4.69) is 25.0 Å². The van der Waals surface area contributed by atoms with Crippen LogP contribution < -0.4 is 4.72 Å². The molecule has 0 aliphatic heterocycles. The van der Waals surface area contributed by atoms with Crippen LogP contribution in [0.5, 0.6) is 0 Å². The number of fused-ring (bicyclic) bond motifs is 1. The summed E-state index contributed by atoms with van der Waals surface area (Å²) in [6.07, 6.45) is 1.32. The molecule has 0 unspecified atom stereocenters. The van der Waals surface area contributed by atoms with Gasteiger partial charge in [-0.3, -0.25) is 14.5 Å². The number of sulfonamides is 1. The summed E-state index contributed by atoms with van der Waals surface area (Å²) < 4.78 is 29.3. The van der Waals surface area contributed by atoms with E-state index in [4.69, 9.17) is 0 Å². The summed E-state index contributed by atoms with van der Waals surface area (Å²) >= 11 is 0. The zero-order chi connectivity index (χ0) is 17.7. The number of aryl methyl sites for hydroxylation is 2. The molecule has 24 heavy (non-hydrogen) atoms. The minimum absolute atomic E-state index is 0.0754. The van der Waals surface area contributed by atoms with Crippen LogP contribution in [0, 0.1) is 6.92 Å². The number of nitrogens with one attached hydrogen (secondary N) is 2. The molecule has 0 bridgehead atoms. The maximum absolute atomic E-state index is 12.6. The molecule has 0 spiro atoms. The Morgan fingerprint density at radius 2 is 1.96 bits per heavy atom. The lowest BCUT2D eigenvalue weighted by atomic mass is 9.92. The van der Waals surface area contributed by atoms with Crippen molar-refractivity contribution in [3.05, 3.63) is 29.7 Å². The molecular weight excluding hydrogens is 328 g/mol. The van der Waals surface area contributed by atoms with Crippen molar-refractivity contribution in [3.8, 4) is 0 Å². The number of hydrogen-bond acceptors (Lipinski definition) is 5. The molecule has 3 aromatic rings. The van der Waals surface area contributed by atoms with Gasteiger partial charge in [-0.1, -0.05) is 20.8 Å². The van der Waals surface area contributed by atoms with Gasteiger partial charge in [0, 0.05) is 35.8 Å². The predicted octanol–water partition coefficient (Wildman–Crippen LogP) is 2.10. The standard InChI is InChI=1S/C15H20N6O2S/c1-9-11-6-10(8-16-14(11)21(5)19-9)24(22,23)20-13-7-12(17-18-13)15(2,3)4/h6-8H,1-5H3,(H2,17,18,20). The molecule has 3 aromatic heterocycles. The Balaban J connectivity index is 1.96. The average Bonchev–Trinajstić information content (AvgIpc) is 3.04. The monoisotopic (exact) mass is 348 g/mol. The largest absolute Gasteiger partial charge is 0.280 e. The van der Waals surface area contributed by atoms with Gasteiger partial charge in [0.2, 0.25) is 0 Å². The number of H-pyrrole nitrogens is 1. The second-order valence-electron chi connectivity index (χ2n) is 6.77. The molecule has 0 saturated carbocycles. The van der Waals surface area contributed by atoms with E-state index >= 15 is 0 Å². The molecular formula is C15H20N6O2S. The Morgan fingerprint density at radius 1 is 1.25 bits per heavy atom. The van der Waals surface area contributed by atoms with Gasteiger partial charge >= 0.3 is 0 Å². The first-order valence-electron chi connectivity index (χ1n) is 7.46. The van der Waals surface area contributed by atoms with Gasteiger partial charge in [-0.2, -0.15) is 10.2 Å². The fraction of sp³-hybridized carbons (Fsp3) is 0.400. The molecule has 9 heteroatoms. The van der Waals surface area contributed by atoms with Gasteiger partial charge in [-0.15, -0.1) is 0 Å². The fourth-order valence-corrected chi connectivity index (χ4v) is 3.35. The molecule has 0 amide bonds. The molecule has 0 saturated heterocycles. The second-order valence-corrected chi connectivity index (χ2v) is 8.46. The van der Waals surface area contributed by atoms with Crippen LogP contribution in [-0.4, -0.2) is 33.4 Å². The first kappa shape index (κ1) is 16.4. The maximum Gasteiger partial charge on any atom is 0.264 e. The summed E-state index contributed by atoms with van der Waals surface area (Å²) in [6.45, 7) is 7.86. The Hall–Kier alpha value is -2.42. The predicted molar refractivity (Wildman–Crippen MR) is 91.3 cm³/mol. The molecule has 0 fully saturated rings. The number of nitrogens with zero attached hydrogens (tertiary/aromatic N) is 4. The van der Waals surface area contributed by atoms with Crippen LogP contribution in [0.4, 0.5) is 5.82 Å². The van der Waals surface area contributed by atoms with Crippen molar-refractivity contribution in [1.82, 2.24) is 25.0 Å². The SMILES string of the molecule is Cc1nn(C)c2ncc(S(=O)(=O)Nc3cc(C(C)(C)C)[nH]n3)cc12. The van der Waals surface area contributed by atoms with E-state index in [-0.39, 0.29) is 16.1 Å².